The van der Waals surface area contributed by atoms with Crippen molar-refractivity contribution in [1.82, 2.24) is 4.98 Å². The van der Waals surface area contributed by atoms with Crippen LogP contribution in [0, 0.1) is 0 Å². The fraction of sp³-hybridized carbons (Fsp3) is 0.643. The molecule has 0 aliphatic rings. The average molecular weight is 252 g/mol. The number of rotatable bonds is 5. The van der Waals surface area contributed by atoms with Crippen molar-refractivity contribution in [3.8, 4) is 0 Å². The lowest BCUT2D eigenvalue weighted by molar-refractivity contribution is 0.587. The van der Waals surface area contributed by atoms with Crippen LogP contribution in [0.1, 0.15) is 39.7 Å². The molecule has 17 heavy (non-hydrogen) atoms. The summed E-state index contributed by atoms with van der Waals surface area (Å²) < 4.78 is 0. The Morgan fingerprint density at radius 1 is 1.35 bits per heavy atom. The van der Waals surface area contributed by atoms with Crippen LogP contribution in [0.15, 0.2) is 18.3 Å². The summed E-state index contributed by atoms with van der Waals surface area (Å²) in [6.07, 6.45) is 5.29. The number of hydrogen-bond donors (Lipinski definition) is 1. The summed E-state index contributed by atoms with van der Waals surface area (Å²) in [5, 5.41) is 3.43. The lowest BCUT2D eigenvalue weighted by atomic mass is 9.88. The van der Waals surface area contributed by atoms with Crippen LogP contribution in [-0.4, -0.2) is 23.0 Å². The minimum atomic E-state index is 0.177. The summed E-state index contributed by atoms with van der Waals surface area (Å²) in [4.78, 5) is 4.48. The summed E-state index contributed by atoms with van der Waals surface area (Å²) in [6.45, 7) is 8.82. The van der Waals surface area contributed by atoms with E-state index in [-0.39, 0.29) is 5.41 Å². The van der Waals surface area contributed by atoms with Gasteiger partial charge >= 0.3 is 0 Å². The molecule has 0 aliphatic heterocycles. The molecule has 0 radical (unpaired) electrons. The second-order valence-corrected chi connectivity index (χ2v) is 6.49. The number of pyridine rings is 1. The van der Waals surface area contributed by atoms with E-state index in [1.807, 2.05) is 18.0 Å². The third kappa shape index (κ3) is 4.99. The smallest absolute Gasteiger partial charge is 0.126 e. The van der Waals surface area contributed by atoms with E-state index >= 15 is 0 Å². The lowest BCUT2D eigenvalue weighted by Gasteiger charge is -2.19. The van der Waals surface area contributed by atoms with Crippen LogP contribution < -0.4 is 5.32 Å². The van der Waals surface area contributed by atoms with Gasteiger partial charge in [0.05, 0.1) is 0 Å². The molecule has 1 atom stereocenters. The molecule has 1 heterocycles. The Morgan fingerprint density at radius 2 is 2.06 bits per heavy atom. The zero-order chi connectivity index (χ0) is 12.9. The number of nitrogens with one attached hydrogen (secondary N) is 1. The Kier molecular flexibility index (Phi) is 5.31. The van der Waals surface area contributed by atoms with E-state index in [1.54, 1.807) is 0 Å². The minimum Gasteiger partial charge on any atom is -0.368 e. The van der Waals surface area contributed by atoms with Crippen molar-refractivity contribution >= 4 is 17.6 Å². The highest BCUT2D eigenvalue weighted by Crippen LogP contribution is 2.22. The zero-order valence-electron chi connectivity index (χ0n) is 11.6. The van der Waals surface area contributed by atoms with E-state index < -0.39 is 0 Å². The van der Waals surface area contributed by atoms with Crippen LogP contribution >= 0.6 is 11.8 Å². The van der Waals surface area contributed by atoms with Gasteiger partial charge in [0.1, 0.15) is 5.82 Å². The van der Waals surface area contributed by atoms with Gasteiger partial charge < -0.3 is 5.32 Å². The summed E-state index contributed by atoms with van der Waals surface area (Å²) in [6, 6.07) is 4.72. The van der Waals surface area contributed by atoms with Crippen LogP contribution in [-0.2, 0) is 5.41 Å². The van der Waals surface area contributed by atoms with Crippen molar-refractivity contribution in [2.45, 2.75) is 45.6 Å². The molecule has 0 amide bonds. The van der Waals surface area contributed by atoms with Crippen LogP contribution in [0.25, 0.3) is 0 Å². The molecule has 1 N–H and O–H groups in total. The Balaban J connectivity index is 2.56. The van der Waals surface area contributed by atoms with Crippen LogP contribution in [0.5, 0.6) is 0 Å². The Labute approximate surface area is 110 Å². The van der Waals surface area contributed by atoms with E-state index in [4.69, 9.17) is 0 Å². The third-order valence-electron chi connectivity index (χ3n) is 2.78. The highest BCUT2D eigenvalue weighted by Gasteiger charge is 2.13. The maximum Gasteiger partial charge on any atom is 0.126 e. The van der Waals surface area contributed by atoms with Crippen molar-refractivity contribution in [2.75, 3.05) is 17.3 Å². The quantitative estimate of drug-likeness (QED) is 0.859. The van der Waals surface area contributed by atoms with Gasteiger partial charge in [-0.05, 0) is 42.4 Å². The molecule has 1 aromatic heterocycles. The standard InChI is InChI=1S/C14H24N2S/c1-11(8-9-17-5)16-13-7-6-12(10-15-13)14(2,3)4/h6-7,10-11H,8-9H2,1-5H3,(H,15,16). The molecule has 0 fully saturated rings. The highest BCUT2D eigenvalue weighted by molar-refractivity contribution is 7.98. The van der Waals surface area contributed by atoms with E-state index in [0.717, 1.165) is 5.82 Å². The molecule has 1 unspecified atom stereocenters. The molecule has 0 bridgehead atoms. The van der Waals surface area contributed by atoms with Crippen molar-refractivity contribution in [3.63, 3.8) is 0 Å². The SMILES string of the molecule is CSCCC(C)Nc1ccc(C(C)(C)C)cn1. The van der Waals surface area contributed by atoms with Gasteiger partial charge in [-0.3, -0.25) is 0 Å². The van der Waals surface area contributed by atoms with E-state index in [1.165, 1.54) is 17.7 Å². The van der Waals surface area contributed by atoms with Gasteiger partial charge in [-0.15, -0.1) is 0 Å². The van der Waals surface area contributed by atoms with Gasteiger partial charge in [0.15, 0.2) is 0 Å². The first-order valence-corrected chi connectivity index (χ1v) is 7.55. The van der Waals surface area contributed by atoms with Gasteiger partial charge in [0.25, 0.3) is 0 Å². The number of hydrogen-bond acceptors (Lipinski definition) is 3. The Bertz CT molecular complexity index is 327. The van der Waals surface area contributed by atoms with E-state index in [9.17, 15) is 0 Å². The topological polar surface area (TPSA) is 24.9 Å². The largest absolute Gasteiger partial charge is 0.368 e. The minimum absolute atomic E-state index is 0.177. The van der Waals surface area contributed by atoms with Crippen LogP contribution in [0.4, 0.5) is 5.82 Å². The number of aromatic nitrogens is 1. The first kappa shape index (κ1) is 14.4. The maximum absolute atomic E-state index is 4.48. The average Bonchev–Trinajstić information content (AvgIpc) is 2.26. The van der Waals surface area contributed by atoms with Crippen molar-refractivity contribution < 1.29 is 0 Å². The van der Waals surface area contributed by atoms with Crippen molar-refractivity contribution in [3.05, 3.63) is 23.9 Å². The number of thioether (sulfide) groups is 1. The molecule has 1 rings (SSSR count). The molecule has 96 valence electrons. The summed E-state index contributed by atoms with van der Waals surface area (Å²) in [5.74, 6) is 2.17. The number of nitrogens with zero attached hydrogens (tertiary/aromatic N) is 1. The summed E-state index contributed by atoms with van der Waals surface area (Å²) >= 11 is 1.89. The van der Waals surface area contributed by atoms with Gasteiger partial charge in [0.2, 0.25) is 0 Å². The normalized spacial score (nSPS) is 13.5. The first-order chi connectivity index (χ1) is 7.93. The second kappa shape index (κ2) is 6.29. The van der Waals surface area contributed by atoms with E-state index in [2.05, 4.69) is 56.4 Å². The molecule has 1 aromatic rings. The van der Waals surface area contributed by atoms with E-state index in [0.29, 0.717) is 6.04 Å². The predicted octanol–water partition coefficient (Wildman–Crippen LogP) is 3.93. The molecular weight excluding hydrogens is 228 g/mol. The fourth-order valence-corrected chi connectivity index (χ4v) is 2.13. The van der Waals surface area contributed by atoms with Gasteiger partial charge in [-0.1, -0.05) is 26.8 Å². The molecule has 0 saturated heterocycles. The molecule has 0 saturated carbocycles. The molecule has 0 aliphatic carbocycles. The predicted molar refractivity (Wildman–Crippen MR) is 79.0 cm³/mol. The van der Waals surface area contributed by atoms with Gasteiger partial charge in [-0.2, -0.15) is 11.8 Å². The monoisotopic (exact) mass is 252 g/mol. The zero-order valence-corrected chi connectivity index (χ0v) is 12.4. The molecule has 2 nitrogen and oxygen atoms in total. The first-order valence-electron chi connectivity index (χ1n) is 6.15. The second-order valence-electron chi connectivity index (χ2n) is 5.51. The van der Waals surface area contributed by atoms with Crippen LogP contribution in [0.3, 0.4) is 0 Å². The van der Waals surface area contributed by atoms with Crippen molar-refractivity contribution in [2.24, 2.45) is 0 Å². The Hall–Kier alpha value is -0.700. The third-order valence-corrected chi connectivity index (χ3v) is 3.42. The highest BCUT2D eigenvalue weighted by atomic mass is 32.2. The lowest BCUT2D eigenvalue weighted by Crippen LogP contribution is -2.17. The molecular formula is C14H24N2S. The van der Waals surface area contributed by atoms with Crippen molar-refractivity contribution in [1.29, 1.82) is 0 Å². The molecule has 3 heteroatoms. The molecule has 0 spiro atoms. The molecule has 0 aromatic carbocycles. The Morgan fingerprint density at radius 3 is 2.53 bits per heavy atom. The van der Waals surface area contributed by atoms with Gasteiger partial charge in [0, 0.05) is 12.2 Å². The summed E-state index contributed by atoms with van der Waals surface area (Å²) in [5.41, 5.74) is 1.45. The van der Waals surface area contributed by atoms with Gasteiger partial charge in [-0.25, -0.2) is 4.98 Å². The van der Waals surface area contributed by atoms with Crippen LogP contribution in [0.2, 0.25) is 0 Å². The maximum atomic E-state index is 4.48. The fourth-order valence-electron chi connectivity index (χ4n) is 1.54. The number of anilines is 1. The summed E-state index contributed by atoms with van der Waals surface area (Å²) in [7, 11) is 0.